The number of fused-ring (bicyclic) bond motifs is 1. The Morgan fingerprint density at radius 3 is 3.18 bits per heavy atom. The van der Waals surface area contributed by atoms with Crippen LogP contribution in [0.1, 0.15) is 53.8 Å². The van der Waals surface area contributed by atoms with Crippen LogP contribution < -0.4 is 0 Å². The molecule has 1 aliphatic carbocycles. The number of carbonyl (C=O) groups is 2. The van der Waals surface area contributed by atoms with Crippen molar-refractivity contribution in [3.8, 4) is 0 Å². The molecule has 1 unspecified atom stereocenters. The normalized spacial score (nSPS) is 19.6. The number of ether oxygens (including phenoxy) is 1. The van der Waals surface area contributed by atoms with Gasteiger partial charge in [-0.25, -0.2) is 0 Å². The summed E-state index contributed by atoms with van der Waals surface area (Å²) in [4.78, 5) is 24.4. The minimum Gasteiger partial charge on any atom is -0.466 e. The highest BCUT2D eigenvalue weighted by atomic mass is 32.1. The predicted molar refractivity (Wildman–Crippen MR) is 66.5 cm³/mol. The zero-order valence-corrected chi connectivity index (χ0v) is 10.7. The molecule has 3 nitrogen and oxygen atoms in total. The van der Waals surface area contributed by atoms with E-state index in [0.29, 0.717) is 19.4 Å². The first kappa shape index (κ1) is 12.3. The zero-order chi connectivity index (χ0) is 12.3. The summed E-state index contributed by atoms with van der Waals surface area (Å²) in [6, 6.07) is 1.88. The van der Waals surface area contributed by atoms with Crippen LogP contribution >= 0.6 is 11.3 Å². The number of Topliss-reactive ketones (excluding diaryl/α,β-unsaturated/α-hetero) is 1. The molecule has 1 aliphatic rings. The second-order valence-electron chi connectivity index (χ2n) is 4.22. The third-order valence-corrected chi connectivity index (χ3v) is 4.12. The summed E-state index contributed by atoms with van der Waals surface area (Å²) in [7, 11) is 0. The molecule has 0 fully saturated rings. The van der Waals surface area contributed by atoms with Gasteiger partial charge >= 0.3 is 5.97 Å². The first-order valence-corrected chi connectivity index (χ1v) is 6.86. The SMILES string of the molecule is CCOC(=O)CC1CCCC(=O)c2ccsc21. The van der Waals surface area contributed by atoms with Crippen LogP contribution in [0.3, 0.4) is 0 Å². The van der Waals surface area contributed by atoms with Crippen molar-refractivity contribution in [3.05, 3.63) is 21.9 Å². The standard InChI is InChI=1S/C13H16O3S/c1-2-16-12(15)8-9-4-3-5-11(14)10-6-7-17-13(9)10/h6-7,9H,2-5,8H2,1H3. The summed E-state index contributed by atoms with van der Waals surface area (Å²) in [5.41, 5.74) is 0.821. The Morgan fingerprint density at radius 1 is 1.59 bits per heavy atom. The summed E-state index contributed by atoms with van der Waals surface area (Å²) in [6.45, 7) is 2.23. The molecule has 4 heteroatoms. The van der Waals surface area contributed by atoms with Gasteiger partial charge in [0.1, 0.15) is 0 Å². The Morgan fingerprint density at radius 2 is 2.41 bits per heavy atom. The average molecular weight is 252 g/mol. The number of hydrogen-bond donors (Lipinski definition) is 0. The Balaban J connectivity index is 2.16. The second kappa shape index (κ2) is 5.45. The molecule has 0 amide bonds. The van der Waals surface area contributed by atoms with Crippen LogP contribution in [0.25, 0.3) is 0 Å². The molecule has 1 aromatic rings. The smallest absolute Gasteiger partial charge is 0.306 e. The zero-order valence-electron chi connectivity index (χ0n) is 9.90. The maximum absolute atomic E-state index is 11.8. The molecule has 1 aromatic heterocycles. The summed E-state index contributed by atoms with van der Waals surface area (Å²) < 4.78 is 4.98. The lowest BCUT2D eigenvalue weighted by atomic mass is 9.98. The van der Waals surface area contributed by atoms with Gasteiger partial charge in [-0.05, 0) is 31.2 Å². The van der Waals surface area contributed by atoms with Crippen molar-refractivity contribution in [1.82, 2.24) is 0 Å². The van der Waals surface area contributed by atoms with Crippen molar-refractivity contribution in [1.29, 1.82) is 0 Å². The fraction of sp³-hybridized carbons (Fsp3) is 0.538. The molecule has 17 heavy (non-hydrogen) atoms. The van der Waals surface area contributed by atoms with Gasteiger partial charge in [-0.1, -0.05) is 0 Å². The topological polar surface area (TPSA) is 43.4 Å². The maximum Gasteiger partial charge on any atom is 0.306 e. The van der Waals surface area contributed by atoms with Crippen molar-refractivity contribution < 1.29 is 14.3 Å². The fourth-order valence-electron chi connectivity index (χ4n) is 2.26. The van der Waals surface area contributed by atoms with E-state index in [1.54, 1.807) is 11.3 Å². The van der Waals surface area contributed by atoms with E-state index in [9.17, 15) is 9.59 Å². The molecule has 92 valence electrons. The molecule has 0 radical (unpaired) electrons. The molecule has 0 bridgehead atoms. The molecule has 0 aromatic carbocycles. The van der Waals surface area contributed by atoms with Crippen LogP contribution in [0.5, 0.6) is 0 Å². The molecular weight excluding hydrogens is 236 g/mol. The van der Waals surface area contributed by atoms with Crippen LogP contribution in [-0.4, -0.2) is 18.4 Å². The summed E-state index contributed by atoms with van der Waals surface area (Å²) >= 11 is 1.58. The van der Waals surface area contributed by atoms with E-state index in [1.807, 2.05) is 18.4 Å². The summed E-state index contributed by atoms with van der Waals surface area (Å²) in [5, 5.41) is 1.94. The van der Waals surface area contributed by atoms with Gasteiger partial charge < -0.3 is 4.74 Å². The van der Waals surface area contributed by atoms with E-state index in [4.69, 9.17) is 4.74 Å². The highest BCUT2D eigenvalue weighted by Gasteiger charge is 2.26. The number of hydrogen-bond acceptors (Lipinski definition) is 4. The molecule has 0 saturated heterocycles. The van der Waals surface area contributed by atoms with E-state index < -0.39 is 0 Å². The first-order valence-electron chi connectivity index (χ1n) is 5.98. The van der Waals surface area contributed by atoms with Crippen molar-refractivity contribution in [3.63, 3.8) is 0 Å². The van der Waals surface area contributed by atoms with Gasteiger partial charge in [-0.2, -0.15) is 0 Å². The minimum absolute atomic E-state index is 0.161. The van der Waals surface area contributed by atoms with Gasteiger partial charge in [0.2, 0.25) is 0 Å². The van der Waals surface area contributed by atoms with Crippen LogP contribution in [0, 0.1) is 0 Å². The van der Waals surface area contributed by atoms with Crippen molar-refractivity contribution in [2.45, 2.75) is 38.5 Å². The van der Waals surface area contributed by atoms with E-state index in [-0.39, 0.29) is 17.7 Å². The van der Waals surface area contributed by atoms with Gasteiger partial charge in [0.05, 0.1) is 13.0 Å². The van der Waals surface area contributed by atoms with Crippen molar-refractivity contribution in [2.75, 3.05) is 6.61 Å². The predicted octanol–water partition coefficient (Wildman–Crippen LogP) is 3.15. The van der Waals surface area contributed by atoms with Gasteiger partial charge in [0, 0.05) is 22.8 Å². The van der Waals surface area contributed by atoms with E-state index >= 15 is 0 Å². The van der Waals surface area contributed by atoms with Crippen molar-refractivity contribution in [2.24, 2.45) is 0 Å². The largest absolute Gasteiger partial charge is 0.466 e. The average Bonchev–Trinajstić information content (AvgIpc) is 2.72. The fourth-order valence-corrected chi connectivity index (χ4v) is 3.31. The number of rotatable bonds is 3. The lowest BCUT2D eigenvalue weighted by molar-refractivity contribution is -0.143. The van der Waals surface area contributed by atoms with E-state index in [0.717, 1.165) is 23.3 Å². The molecule has 2 rings (SSSR count). The van der Waals surface area contributed by atoms with Crippen molar-refractivity contribution >= 4 is 23.1 Å². The number of carbonyl (C=O) groups excluding carboxylic acids is 2. The van der Waals surface area contributed by atoms with Gasteiger partial charge in [0.25, 0.3) is 0 Å². The molecule has 0 N–H and O–H groups in total. The number of ketones is 1. The van der Waals surface area contributed by atoms with Crippen LogP contribution in [0.15, 0.2) is 11.4 Å². The van der Waals surface area contributed by atoms with E-state index in [1.165, 1.54) is 0 Å². The lowest BCUT2D eigenvalue weighted by Crippen LogP contribution is -2.10. The Kier molecular flexibility index (Phi) is 3.94. The molecule has 0 aliphatic heterocycles. The Hall–Kier alpha value is -1.16. The van der Waals surface area contributed by atoms with E-state index in [2.05, 4.69) is 0 Å². The molecule has 1 atom stereocenters. The number of thiophene rings is 1. The maximum atomic E-state index is 11.8. The number of esters is 1. The molecule has 0 saturated carbocycles. The second-order valence-corrected chi connectivity index (χ2v) is 5.17. The van der Waals surface area contributed by atoms with Gasteiger partial charge in [-0.3, -0.25) is 9.59 Å². The molecule has 0 spiro atoms. The third-order valence-electron chi connectivity index (χ3n) is 3.04. The molecular formula is C13H16O3S. The van der Waals surface area contributed by atoms with Crippen LogP contribution in [-0.2, 0) is 9.53 Å². The van der Waals surface area contributed by atoms with Gasteiger partial charge in [0.15, 0.2) is 5.78 Å². The highest BCUT2D eigenvalue weighted by Crippen LogP contribution is 2.36. The quantitative estimate of drug-likeness (QED) is 0.613. The van der Waals surface area contributed by atoms with Crippen LogP contribution in [0.4, 0.5) is 0 Å². The third kappa shape index (κ3) is 2.75. The van der Waals surface area contributed by atoms with Crippen LogP contribution in [0.2, 0.25) is 0 Å². The molecule has 1 heterocycles. The minimum atomic E-state index is -0.161. The monoisotopic (exact) mass is 252 g/mol. The lowest BCUT2D eigenvalue weighted by Gasteiger charge is -2.12. The Bertz CT molecular complexity index is 422. The summed E-state index contributed by atoms with van der Waals surface area (Å²) in [6.07, 6.45) is 2.76. The summed E-state index contributed by atoms with van der Waals surface area (Å²) in [5.74, 6) is 0.217. The van der Waals surface area contributed by atoms with Gasteiger partial charge in [-0.15, -0.1) is 11.3 Å². The first-order chi connectivity index (χ1) is 8.22. The Labute approximate surface area is 105 Å². The highest BCUT2D eigenvalue weighted by molar-refractivity contribution is 7.10.